The highest BCUT2D eigenvalue weighted by atomic mass is 16.5. The van der Waals surface area contributed by atoms with Crippen LogP contribution in [0.25, 0.3) is 0 Å². The summed E-state index contributed by atoms with van der Waals surface area (Å²) in [5.74, 6) is 3.10. The number of rotatable bonds is 8. The van der Waals surface area contributed by atoms with E-state index in [2.05, 4.69) is 10.5 Å². The van der Waals surface area contributed by atoms with Gasteiger partial charge in [-0.25, -0.2) is 0 Å². The number of hydrogen-bond donors (Lipinski definition) is 1. The lowest BCUT2D eigenvalue weighted by Gasteiger charge is -2.35. The molecule has 0 bridgehead atoms. The highest BCUT2D eigenvalue weighted by molar-refractivity contribution is 5.77. The molecule has 4 rings (SSSR count). The molecule has 2 atom stereocenters. The van der Waals surface area contributed by atoms with Crippen molar-refractivity contribution in [3.8, 4) is 11.5 Å². The average Bonchev–Trinajstić information content (AvgIpc) is 3.26. The van der Waals surface area contributed by atoms with Gasteiger partial charge in [0.25, 0.3) is 0 Å². The van der Waals surface area contributed by atoms with E-state index in [1.165, 1.54) is 5.56 Å². The number of benzene rings is 1. The summed E-state index contributed by atoms with van der Waals surface area (Å²) in [5, 5.41) is 7.66. The smallest absolute Gasteiger partial charge is 0.223 e. The second-order valence-electron chi connectivity index (χ2n) is 8.68. The van der Waals surface area contributed by atoms with Crippen LogP contribution < -0.4 is 14.8 Å². The molecular formula is C24H33N3O5. The van der Waals surface area contributed by atoms with Gasteiger partial charge in [-0.2, -0.15) is 0 Å². The fourth-order valence-electron chi connectivity index (χ4n) is 4.87. The lowest BCUT2D eigenvalue weighted by molar-refractivity contribution is -0.133. The SMILES string of the molecule is COCc1cc(CC2CNCCC2CC(=O)N2CCc3cc(OC)c(OC)cc3C2)no1. The minimum absolute atomic E-state index is 0.225. The molecule has 1 aromatic carbocycles. The maximum atomic E-state index is 13.2. The van der Waals surface area contributed by atoms with Crippen LogP contribution in [0.4, 0.5) is 0 Å². The van der Waals surface area contributed by atoms with E-state index in [0.29, 0.717) is 37.2 Å². The number of ether oxygens (including phenoxy) is 3. The van der Waals surface area contributed by atoms with Crippen molar-refractivity contribution < 1.29 is 23.5 Å². The van der Waals surface area contributed by atoms with Crippen molar-refractivity contribution in [2.24, 2.45) is 11.8 Å². The molecule has 0 aliphatic carbocycles. The first-order valence-electron chi connectivity index (χ1n) is 11.3. The van der Waals surface area contributed by atoms with Crippen LogP contribution in [0, 0.1) is 11.8 Å². The zero-order valence-electron chi connectivity index (χ0n) is 19.2. The summed E-state index contributed by atoms with van der Waals surface area (Å²) < 4.78 is 21.3. The van der Waals surface area contributed by atoms with Crippen LogP contribution in [0.3, 0.4) is 0 Å². The van der Waals surface area contributed by atoms with Crippen LogP contribution in [0.15, 0.2) is 22.7 Å². The number of piperidine rings is 1. The Kier molecular flexibility index (Phi) is 7.32. The molecule has 8 nitrogen and oxygen atoms in total. The Labute approximate surface area is 189 Å². The van der Waals surface area contributed by atoms with Crippen molar-refractivity contribution in [2.75, 3.05) is 41.0 Å². The van der Waals surface area contributed by atoms with Gasteiger partial charge >= 0.3 is 0 Å². The molecule has 0 radical (unpaired) electrons. The maximum absolute atomic E-state index is 13.2. The minimum atomic E-state index is 0.225. The van der Waals surface area contributed by atoms with Gasteiger partial charge in [0.15, 0.2) is 17.3 Å². The zero-order chi connectivity index (χ0) is 22.5. The highest BCUT2D eigenvalue weighted by Crippen LogP contribution is 2.34. The lowest BCUT2D eigenvalue weighted by Crippen LogP contribution is -2.42. The van der Waals surface area contributed by atoms with E-state index in [9.17, 15) is 4.79 Å². The largest absolute Gasteiger partial charge is 0.493 e. The highest BCUT2D eigenvalue weighted by Gasteiger charge is 2.31. The average molecular weight is 444 g/mol. The van der Waals surface area contributed by atoms with Crippen LogP contribution >= 0.6 is 0 Å². The van der Waals surface area contributed by atoms with Crippen LogP contribution in [-0.4, -0.2) is 56.9 Å². The number of amides is 1. The molecule has 3 heterocycles. The number of nitrogens with one attached hydrogen (secondary N) is 1. The summed E-state index contributed by atoms with van der Waals surface area (Å²) in [6.45, 7) is 3.62. The van der Waals surface area contributed by atoms with Crippen LogP contribution in [0.1, 0.15) is 35.4 Å². The Balaban J connectivity index is 1.39. The molecule has 2 aliphatic heterocycles. The third-order valence-corrected chi connectivity index (χ3v) is 6.64. The number of aromatic nitrogens is 1. The van der Waals surface area contributed by atoms with Gasteiger partial charge in [-0.15, -0.1) is 0 Å². The van der Waals surface area contributed by atoms with E-state index >= 15 is 0 Å². The normalized spacial score (nSPS) is 20.7. The fraction of sp³-hybridized carbons (Fsp3) is 0.583. The second kappa shape index (κ2) is 10.4. The third-order valence-electron chi connectivity index (χ3n) is 6.64. The molecule has 1 saturated heterocycles. The van der Waals surface area contributed by atoms with Crippen molar-refractivity contribution in [3.63, 3.8) is 0 Å². The number of nitrogens with zero attached hydrogens (tertiary/aromatic N) is 2. The summed E-state index contributed by atoms with van der Waals surface area (Å²) in [5.41, 5.74) is 3.29. The van der Waals surface area contributed by atoms with Gasteiger partial charge < -0.3 is 29.0 Å². The van der Waals surface area contributed by atoms with Gasteiger partial charge in [0.2, 0.25) is 5.91 Å². The summed E-state index contributed by atoms with van der Waals surface area (Å²) >= 11 is 0. The topological polar surface area (TPSA) is 86.1 Å². The Morgan fingerprint density at radius 1 is 1.16 bits per heavy atom. The maximum Gasteiger partial charge on any atom is 0.223 e. The van der Waals surface area contributed by atoms with Gasteiger partial charge in [-0.3, -0.25) is 4.79 Å². The van der Waals surface area contributed by atoms with E-state index < -0.39 is 0 Å². The van der Waals surface area contributed by atoms with Gasteiger partial charge in [-0.05, 0) is 67.4 Å². The van der Waals surface area contributed by atoms with Crippen molar-refractivity contribution >= 4 is 5.91 Å². The monoisotopic (exact) mass is 443 g/mol. The number of methoxy groups -OCH3 is 3. The number of fused-ring (bicyclic) bond motifs is 1. The predicted octanol–water partition coefficient (Wildman–Crippen LogP) is 2.58. The van der Waals surface area contributed by atoms with E-state index in [4.69, 9.17) is 18.7 Å². The zero-order valence-corrected chi connectivity index (χ0v) is 19.2. The van der Waals surface area contributed by atoms with E-state index in [0.717, 1.165) is 61.7 Å². The summed E-state index contributed by atoms with van der Waals surface area (Å²) in [4.78, 5) is 15.2. The summed E-state index contributed by atoms with van der Waals surface area (Å²) in [6.07, 6.45) is 3.20. The Morgan fingerprint density at radius 2 is 1.94 bits per heavy atom. The summed E-state index contributed by atoms with van der Waals surface area (Å²) in [6, 6.07) is 6.00. The first kappa shape index (κ1) is 22.6. The quantitative estimate of drug-likeness (QED) is 0.671. The van der Waals surface area contributed by atoms with Gasteiger partial charge in [0.05, 0.1) is 19.9 Å². The molecule has 1 amide bonds. The van der Waals surface area contributed by atoms with Crippen molar-refractivity contribution in [2.45, 2.75) is 38.8 Å². The molecule has 1 fully saturated rings. The van der Waals surface area contributed by atoms with Crippen LogP contribution in [0.2, 0.25) is 0 Å². The van der Waals surface area contributed by atoms with Crippen LogP contribution in [0.5, 0.6) is 11.5 Å². The molecule has 2 aromatic rings. The van der Waals surface area contributed by atoms with Crippen molar-refractivity contribution in [1.82, 2.24) is 15.4 Å². The number of hydrogen-bond acceptors (Lipinski definition) is 7. The van der Waals surface area contributed by atoms with Crippen molar-refractivity contribution in [1.29, 1.82) is 0 Å². The minimum Gasteiger partial charge on any atom is -0.493 e. The standard InChI is InChI=1S/C24H33N3O5/c1-29-15-21-12-20(26-32-21)8-18-13-25-6-4-16(18)11-24(28)27-7-5-17-9-22(30-2)23(31-3)10-19(17)14-27/h9-10,12,16,18,25H,4-8,11,13-15H2,1-3H3. The molecule has 32 heavy (non-hydrogen) atoms. The third kappa shape index (κ3) is 5.07. The molecule has 1 N–H and O–H groups in total. The molecular weight excluding hydrogens is 410 g/mol. The Morgan fingerprint density at radius 3 is 2.69 bits per heavy atom. The molecule has 0 saturated carbocycles. The van der Waals surface area contributed by atoms with E-state index in [1.54, 1.807) is 21.3 Å². The van der Waals surface area contributed by atoms with Gasteiger partial charge in [0, 0.05) is 32.7 Å². The summed E-state index contributed by atoms with van der Waals surface area (Å²) in [7, 11) is 4.93. The number of carbonyl (C=O) groups is 1. The lowest BCUT2D eigenvalue weighted by atomic mass is 9.80. The van der Waals surface area contributed by atoms with E-state index in [-0.39, 0.29) is 5.91 Å². The van der Waals surface area contributed by atoms with Gasteiger partial charge in [0.1, 0.15) is 6.61 Å². The molecule has 174 valence electrons. The Bertz CT molecular complexity index is 928. The molecule has 2 unspecified atom stereocenters. The Hall–Kier alpha value is -2.58. The van der Waals surface area contributed by atoms with Gasteiger partial charge in [-0.1, -0.05) is 5.16 Å². The van der Waals surface area contributed by atoms with Crippen LogP contribution in [-0.2, 0) is 35.5 Å². The van der Waals surface area contributed by atoms with E-state index in [1.807, 2.05) is 23.1 Å². The molecule has 0 spiro atoms. The fourth-order valence-corrected chi connectivity index (χ4v) is 4.87. The predicted molar refractivity (Wildman–Crippen MR) is 119 cm³/mol. The number of carbonyl (C=O) groups excluding carboxylic acids is 1. The second-order valence-corrected chi connectivity index (χ2v) is 8.68. The molecule has 1 aromatic heterocycles. The first-order chi connectivity index (χ1) is 15.6. The molecule has 2 aliphatic rings. The molecule has 8 heteroatoms. The van der Waals surface area contributed by atoms with Crippen molar-refractivity contribution in [3.05, 3.63) is 40.8 Å². The first-order valence-corrected chi connectivity index (χ1v) is 11.3.